The van der Waals surface area contributed by atoms with E-state index in [9.17, 15) is 9.50 Å². The lowest BCUT2D eigenvalue weighted by Gasteiger charge is -2.41. The Morgan fingerprint density at radius 3 is 2.68 bits per heavy atom. The van der Waals surface area contributed by atoms with Crippen LogP contribution < -0.4 is 15.0 Å². The Labute approximate surface area is 227 Å². The summed E-state index contributed by atoms with van der Waals surface area (Å²) in [4.78, 5) is 14.1. The number of benzene rings is 1. The number of aliphatic hydroxyl groups excluding tert-OH is 1. The van der Waals surface area contributed by atoms with Gasteiger partial charge in [-0.15, -0.1) is 0 Å². The molecule has 38 heavy (non-hydrogen) atoms. The first kappa shape index (κ1) is 28.2. The minimum absolute atomic E-state index is 0.121. The van der Waals surface area contributed by atoms with Crippen LogP contribution in [0.5, 0.6) is 5.75 Å². The second kappa shape index (κ2) is 11.9. The summed E-state index contributed by atoms with van der Waals surface area (Å²) in [5.41, 5.74) is 3.66. The number of nitrogens with zero attached hydrogens (tertiary/aromatic N) is 5. The molecular weight excluding hydrogens is 511 g/mol. The van der Waals surface area contributed by atoms with E-state index in [-0.39, 0.29) is 12.6 Å². The van der Waals surface area contributed by atoms with E-state index in [0.717, 1.165) is 22.6 Å². The van der Waals surface area contributed by atoms with Crippen molar-refractivity contribution in [1.82, 2.24) is 25.3 Å². The first-order chi connectivity index (χ1) is 18.1. The maximum atomic E-state index is 14.5. The molecule has 1 aliphatic heterocycles. The van der Waals surface area contributed by atoms with Gasteiger partial charge in [0.05, 0.1) is 28.0 Å². The normalized spacial score (nSPS) is 18.0. The molecule has 2 N–H and O–H groups in total. The van der Waals surface area contributed by atoms with Crippen LogP contribution in [0.3, 0.4) is 0 Å². The van der Waals surface area contributed by atoms with Gasteiger partial charge in [-0.05, 0) is 60.0 Å². The number of piperazine rings is 1. The molecule has 3 atom stereocenters. The van der Waals surface area contributed by atoms with Gasteiger partial charge >= 0.3 is 0 Å². The summed E-state index contributed by atoms with van der Waals surface area (Å²) in [5.74, 6) is 2.32. The van der Waals surface area contributed by atoms with Crippen molar-refractivity contribution < 1.29 is 18.8 Å². The molecule has 1 aromatic carbocycles. The van der Waals surface area contributed by atoms with Crippen LogP contribution in [0.1, 0.15) is 23.9 Å². The standard InChI is InChI=1S/C27H36ClFN6O3/c1-15-25(24-17(3)33-38-18(24)4)31-26(32-27(15)35-10-9-34(6)23(13-35)16(2)29)21-11-20(7-8-22(21)28)37-14-19(36)12-30-5/h7-8,11,16,19,23,30,36H,9-10,12-14H2,1-6H3/t16?,19-,23?/m0/s1. The SMILES string of the molecule is CNC[C@H](O)COc1ccc(Cl)c(-c2nc(-c3c(C)noc3C)c(C)c(N3CCN(C)C(C(C)F)C3)n2)c1. The Balaban J connectivity index is 1.81. The Morgan fingerprint density at radius 1 is 1.26 bits per heavy atom. The first-order valence-electron chi connectivity index (χ1n) is 12.8. The number of anilines is 1. The van der Waals surface area contributed by atoms with Crippen LogP contribution in [0.2, 0.25) is 5.02 Å². The van der Waals surface area contributed by atoms with Crippen LogP contribution in [0.15, 0.2) is 22.7 Å². The monoisotopic (exact) mass is 546 g/mol. The smallest absolute Gasteiger partial charge is 0.163 e. The van der Waals surface area contributed by atoms with Gasteiger partial charge in [0.2, 0.25) is 0 Å². The lowest BCUT2D eigenvalue weighted by Crippen LogP contribution is -2.55. The van der Waals surface area contributed by atoms with Gasteiger partial charge in [0.15, 0.2) is 5.82 Å². The Bertz CT molecular complexity index is 1250. The third kappa shape index (κ3) is 5.93. The number of alkyl halides is 1. The third-order valence-corrected chi connectivity index (χ3v) is 7.31. The molecule has 9 nitrogen and oxygen atoms in total. The van der Waals surface area contributed by atoms with Crippen molar-refractivity contribution in [3.8, 4) is 28.4 Å². The maximum absolute atomic E-state index is 14.5. The van der Waals surface area contributed by atoms with Crippen LogP contribution in [-0.2, 0) is 0 Å². The fourth-order valence-corrected chi connectivity index (χ4v) is 5.04. The van der Waals surface area contributed by atoms with Crippen molar-refractivity contribution in [2.45, 2.75) is 46.0 Å². The molecule has 1 fully saturated rings. The second-order valence-corrected chi connectivity index (χ2v) is 10.3. The Morgan fingerprint density at radius 2 is 2.03 bits per heavy atom. The molecule has 206 valence electrons. The summed E-state index contributed by atoms with van der Waals surface area (Å²) < 4.78 is 25.8. The fraction of sp³-hybridized carbons (Fsp3) is 0.519. The summed E-state index contributed by atoms with van der Waals surface area (Å²) in [7, 11) is 3.72. The lowest BCUT2D eigenvalue weighted by atomic mass is 10.0. The predicted molar refractivity (Wildman–Crippen MR) is 147 cm³/mol. The molecule has 3 aromatic rings. The van der Waals surface area contributed by atoms with Crippen molar-refractivity contribution in [1.29, 1.82) is 0 Å². The predicted octanol–water partition coefficient (Wildman–Crippen LogP) is 3.81. The molecule has 3 heterocycles. The van der Waals surface area contributed by atoms with Gasteiger partial charge in [-0.25, -0.2) is 14.4 Å². The average Bonchev–Trinajstić information content (AvgIpc) is 3.21. The highest BCUT2D eigenvalue weighted by Crippen LogP contribution is 2.37. The van der Waals surface area contributed by atoms with Gasteiger partial charge in [-0.1, -0.05) is 16.8 Å². The van der Waals surface area contributed by atoms with Crippen LogP contribution in [0.25, 0.3) is 22.6 Å². The van der Waals surface area contributed by atoms with Crippen LogP contribution in [0.4, 0.5) is 10.2 Å². The van der Waals surface area contributed by atoms with Crippen molar-refractivity contribution >= 4 is 17.4 Å². The molecular formula is C27H36ClFN6O3. The number of hydrogen-bond acceptors (Lipinski definition) is 9. The highest BCUT2D eigenvalue weighted by molar-refractivity contribution is 6.33. The number of rotatable bonds is 9. The lowest BCUT2D eigenvalue weighted by molar-refractivity contribution is 0.108. The molecule has 4 rings (SSSR count). The second-order valence-electron chi connectivity index (χ2n) is 9.88. The molecule has 0 aliphatic carbocycles. The quantitative estimate of drug-likeness (QED) is 0.415. The van der Waals surface area contributed by atoms with Crippen molar-refractivity contribution in [3.05, 3.63) is 40.2 Å². The number of hydrogen-bond donors (Lipinski definition) is 2. The van der Waals surface area contributed by atoms with Gasteiger partial charge in [-0.2, -0.15) is 0 Å². The number of ether oxygens (including phenoxy) is 1. The molecule has 0 amide bonds. The molecule has 1 saturated heterocycles. The molecule has 2 aromatic heterocycles. The fourth-order valence-electron chi connectivity index (χ4n) is 4.84. The first-order valence-corrected chi connectivity index (χ1v) is 13.1. The summed E-state index contributed by atoms with van der Waals surface area (Å²) >= 11 is 6.65. The number of halogens is 2. The number of likely N-dealkylation sites (N-methyl/N-ethyl adjacent to an activating group) is 2. The van der Waals surface area contributed by atoms with Gasteiger partial charge in [0, 0.05) is 37.3 Å². The number of aliphatic hydroxyl groups is 1. The highest BCUT2D eigenvalue weighted by atomic mass is 35.5. The average molecular weight is 547 g/mol. The van der Waals surface area contributed by atoms with Crippen molar-refractivity contribution in [2.75, 3.05) is 51.8 Å². The Hall–Kier alpha value is -2.79. The number of aromatic nitrogens is 3. The summed E-state index contributed by atoms with van der Waals surface area (Å²) in [6.07, 6.45) is -1.65. The molecule has 0 saturated carbocycles. The Kier molecular flexibility index (Phi) is 8.87. The zero-order chi connectivity index (χ0) is 27.6. The van der Waals surface area contributed by atoms with Crippen LogP contribution >= 0.6 is 11.6 Å². The zero-order valence-corrected chi connectivity index (χ0v) is 23.5. The maximum Gasteiger partial charge on any atom is 0.163 e. The molecule has 0 bridgehead atoms. The minimum Gasteiger partial charge on any atom is -0.491 e. The largest absolute Gasteiger partial charge is 0.491 e. The van der Waals surface area contributed by atoms with E-state index in [4.69, 9.17) is 30.8 Å². The summed E-state index contributed by atoms with van der Waals surface area (Å²) in [5, 5.41) is 17.6. The van der Waals surface area contributed by atoms with Crippen LogP contribution in [-0.4, -0.2) is 90.3 Å². The zero-order valence-electron chi connectivity index (χ0n) is 22.8. The molecule has 0 spiro atoms. The van der Waals surface area contributed by atoms with Gasteiger partial charge < -0.3 is 24.6 Å². The third-order valence-electron chi connectivity index (χ3n) is 6.98. The summed E-state index contributed by atoms with van der Waals surface area (Å²) in [6, 6.07) is 4.99. The van der Waals surface area contributed by atoms with E-state index in [1.807, 2.05) is 32.7 Å². The van der Waals surface area contributed by atoms with E-state index in [2.05, 4.69) is 15.4 Å². The topological polar surface area (TPSA) is 99.8 Å². The van der Waals surface area contributed by atoms with E-state index in [1.54, 1.807) is 32.2 Å². The number of aryl methyl sites for hydroxylation is 2. The number of nitrogens with one attached hydrogen (secondary N) is 1. The van der Waals surface area contributed by atoms with Gasteiger partial charge in [0.1, 0.15) is 36.2 Å². The molecule has 2 unspecified atom stereocenters. The van der Waals surface area contributed by atoms with E-state index in [0.29, 0.717) is 59.8 Å². The van der Waals surface area contributed by atoms with E-state index >= 15 is 0 Å². The van der Waals surface area contributed by atoms with Gasteiger partial charge in [0.25, 0.3) is 0 Å². The summed E-state index contributed by atoms with van der Waals surface area (Å²) in [6.45, 7) is 9.72. The molecule has 1 aliphatic rings. The molecule has 0 radical (unpaired) electrons. The highest BCUT2D eigenvalue weighted by Gasteiger charge is 2.32. The van der Waals surface area contributed by atoms with E-state index in [1.165, 1.54) is 0 Å². The van der Waals surface area contributed by atoms with Crippen LogP contribution in [0, 0.1) is 20.8 Å². The minimum atomic E-state index is -0.993. The van der Waals surface area contributed by atoms with Crippen molar-refractivity contribution in [3.63, 3.8) is 0 Å². The van der Waals surface area contributed by atoms with E-state index < -0.39 is 12.3 Å². The van der Waals surface area contributed by atoms with Gasteiger partial charge in [-0.3, -0.25) is 4.90 Å². The molecule has 11 heteroatoms. The van der Waals surface area contributed by atoms with Crippen molar-refractivity contribution in [2.24, 2.45) is 0 Å².